The van der Waals surface area contributed by atoms with Gasteiger partial charge in [0.05, 0.1) is 6.61 Å². The van der Waals surface area contributed by atoms with Crippen LogP contribution in [0.25, 0.3) is 0 Å². The Morgan fingerprint density at radius 2 is 2.00 bits per heavy atom. The summed E-state index contributed by atoms with van der Waals surface area (Å²) < 4.78 is 40.5. The predicted octanol–water partition coefficient (Wildman–Crippen LogP) is 3.04. The Kier molecular flexibility index (Phi) is 8.79. The molecule has 1 N–H and O–H groups in total. The summed E-state index contributed by atoms with van der Waals surface area (Å²) in [6.45, 7) is 4.59. The number of rotatable bonds is 9. The minimum Gasteiger partial charge on any atom is -0.466 e. The van der Waals surface area contributed by atoms with Gasteiger partial charge in [0, 0.05) is 18.9 Å². The summed E-state index contributed by atoms with van der Waals surface area (Å²) in [4.78, 5) is 11.0. The molecule has 18 heavy (non-hydrogen) atoms. The van der Waals surface area contributed by atoms with Crippen molar-refractivity contribution in [3.63, 3.8) is 0 Å². The lowest BCUT2D eigenvalue weighted by Crippen LogP contribution is -2.27. The average molecular weight is 269 g/mol. The van der Waals surface area contributed by atoms with Gasteiger partial charge in [-0.25, -0.2) is 0 Å². The van der Waals surface area contributed by atoms with Gasteiger partial charge in [0.2, 0.25) is 0 Å². The van der Waals surface area contributed by atoms with Gasteiger partial charge >= 0.3 is 12.1 Å². The minimum absolute atomic E-state index is 0.0366. The van der Waals surface area contributed by atoms with E-state index in [2.05, 4.69) is 5.32 Å². The predicted molar refractivity (Wildman–Crippen MR) is 63.2 cm³/mol. The maximum absolute atomic E-state index is 11.9. The van der Waals surface area contributed by atoms with Gasteiger partial charge in [0.25, 0.3) is 0 Å². The zero-order chi connectivity index (χ0) is 14.0. The summed E-state index contributed by atoms with van der Waals surface area (Å²) >= 11 is 0. The highest BCUT2D eigenvalue weighted by molar-refractivity contribution is 5.69. The molecule has 0 amide bonds. The van der Waals surface area contributed by atoms with Crippen molar-refractivity contribution in [3.05, 3.63) is 0 Å². The quantitative estimate of drug-likeness (QED) is 0.516. The van der Waals surface area contributed by atoms with Crippen molar-refractivity contribution in [2.75, 3.05) is 13.2 Å². The summed E-state index contributed by atoms with van der Waals surface area (Å²) in [5.41, 5.74) is 0. The van der Waals surface area contributed by atoms with Crippen LogP contribution in [0.1, 0.15) is 46.0 Å². The first-order valence-corrected chi connectivity index (χ1v) is 6.31. The van der Waals surface area contributed by atoms with E-state index in [4.69, 9.17) is 4.74 Å². The van der Waals surface area contributed by atoms with E-state index in [0.29, 0.717) is 32.4 Å². The molecule has 0 fully saturated rings. The Hall–Kier alpha value is -0.780. The molecule has 0 aromatic heterocycles. The van der Waals surface area contributed by atoms with E-state index in [1.807, 2.05) is 6.92 Å². The molecule has 1 unspecified atom stereocenters. The van der Waals surface area contributed by atoms with Crippen molar-refractivity contribution in [3.8, 4) is 0 Å². The molecule has 0 heterocycles. The number of carbonyl (C=O) groups is 1. The van der Waals surface area contributed by atoms with E-state index in [1.54, 1.807) is 6.92 Å². The van der Waals surface area contributed by atoms with Crippen molar-refractivity contribution in [2.24, 2.45) is 0 Å². The molecule has 0 aromatic carbocycles. The van der Waals surface area contributed by atoms with Gasteiger partial charge in [0.15, 0.2) is 0 Å². The standard InChI is InChI=1S/C12H22F3NO2/c1-3-18-11(17)7-5-9-16-10(2)6-4-8-12(13,14)15/h10,16H,3-9H2,1-2H3. The van der Waals surface area contributed by atoms with E-state index >= 15 is 0 Å². The molecule has 0 radical (unpaired) electrons. The molecule has 0 spiro atoms. The van der Waals surface area contributed by atoms with Crippen molar-refractivity contribution in [1.29, 1.82) is 0 Å². The maximum Gasteiger partial charge on any atom is 0.389 e. The SMILES string of the molecule is CCOC(=O)CCCNC(C)CCCC(F)(F)F. The Morgan fingerprint density at radius 1 is 1.33 bits per heavy atom. The van der Waals surface area contributed by atoms with Gasteiger partial charge in [-0.2, -0.15) is 13.2 Å². The summed E-state index contributed by atoms with van der Waals surface area (Å²) in [6.07, 6.45) is -3.20. The first kappa shape index (κ1) is 17.2. The fourth-order valence-electron chi connectivity index (χ4n) is 1.53. The topological polar surface area (TPSA) is 38.3 Å². The fraction of sp³-hybridized carbons (Fsp3) is 0.917. The van der Waals surface area contributed by atoms with Crippen LogP contribution in [0.4, 0.5) is 13.2 Å². The molecule has 0 aliphatic carbocycles. The molecule has 0 saturated carbocycles. The first-order valence-electron chi connectivity index (χ1n) is 6.31. The highest BCUT2D eigenvalue weighted by Gasteiger charge is 2.26. The second-order valence-corrected chi connectivity index (χ2v) is 4.27. The lowest BCUT2D eigenvalue weighted by atomic mass is 10.1. The van der Waals surface area contributed by atoms with Crippen LogP contribution in [0.5, 0.6) is 0 Å². The number of nitrogens with one attached hydrogen (secondary N) is 1. The van der Waals surface area contributed by atoms with E-state index in [1.165, 1.54) is 0 Å². The normalized spacial score (nSPS) is 13.4. The second-order valence-electron chi connectivity index (χ2n) is 4.27. The van der Waals surface area contributed by atoms with Crippen LogP contribution in [-0.4, -0.2) is 31.3 Å². The van der Waals surface area contributed by atoms with Crippen LogP contribution in [0, 0.1) is 0 Å². The Morgan fingerprint density at radius 3 is 2.56 bits per heavy atom. The first-order chi connectivity index (χ1) is 8.35. The zero-order valence-electron chi connectivity index (χ0n) is 11.0. The average Bonchev–Trinajstić information content (AvgIpc) is 2.23. The lowest BCUT2D eigenvalue weighted by Gasteiger charge is -2.14. The fourth-order valence-corrected chi connectivity index (χ4v) is 1.53. The van der Waals surface area contributed by atoms with Gasteiger partial charge in [-0.15, -0.1) is 0 Å². The summed E-state index contributed by atoms with van der Waals surface area (Å²) in [6, 6.07) is 0.0366. The molecular formula is C12H22F3NO2. The third-order valence-electron chi connectivity index (χ3n) is 2.45. The Bertz CT molecular complexity index is 232. The zero-order valence-corrected chi connectivity index (χ0v) is 11.0. The maximum atomic E-state index is 11.9. The molecule has 0 rings (SSSR count). The second kappa shape index (κ2) is 9.19. The molecule has 0 bridgehead atoms. The lowest BCUT2D eigenvalue weighted by molar-refractivity contribution is -0.143. The van der Waals surface area contributed by atoms with E-state index in [9.17, 15) is 18.0 Å². The number of hydrogen-bond acceptors (Lipinski definition) is 3. The third-order valence-corrected chi connectivity index (χ3v) is 2.45. The number of ether oxygens (including phenoxy) is 1. The molecule has 0 aromatic rings. The molecule has 0 saturated heterocycles. The van der Waals surface area contributed by atoms with Crippen molar-refractivity contribution in [2.45, 2.75) is 58.2 Å². The van der Waals surface area contributed by atoms with E-state index in [-0.39, 0.29) is 18.4 Å². The molecule has 108 valence electrons. The van der Waals surface area contributed by atoms with E-state index < -0.39 is 12.6 Å². The largest absolute Gasteiger partial charge is 0.466 e. The number of esters is 1. The van der Waals surface area contributed by atoms with Crippen molar-refractivity contribution < 1.29 is 22.7 Å². The number of carbonyl (C=O) groups excluding carboxylic acids is 1. The number of halogens is 3. The highest BCUT2D eigenvalue weighted by Crippen LogP contribution is 2.22. The summed E-state index contributed by atoms with van der Waals surface area (Å²) in [5.74, 6) is -0.232. The van der Waals surface area contributed by atoms with Crippen molar-refractivity contribution in [1.82, 2.24) is 5.32 Å². The number of hydrogen-bond donors (Lipinski definition) is 1. The minimum atomic E-state index is -4.07. The van der Waals surface area contributed by atoms with Crippen LogP contribution in [0.3, 0.4) is 0 Å². The monoisotopic (exact) mass is 269 g/mol. The van der Waals surface area contributed by atoms with Crippen LogP contribution < -0.4 is 5.32 Å². The molecule has 0 aliphatic heterocycles. The van der Waals surface area contributed by atoms with E-state index in [0.717, 1.165) is 0 Å². The van der Waals surface area contributed by atoms with Gasteiger partial charge < -0.3 is 10.1 Å². The van der Waals surface area contributed by atoms with Crippen molar-refractivity contribution >= 4 is 5.97 Å². The molecule has 1 atom stereocenters. The summed E-state index contributed by atoms with van der Waals surface area (Å²) in [7, 11) is 0. The molecule has 3 nitrogen and oxygen atoms in total. The van der Waals surface area contributed by atoms with Crippen LogP contribution >= 0.6 is 0 Å². The van der Waals surface area contributed by atoms with Crippen LogP contribution in [-0.2, 0) is 9.53 Å². The molecule has 0 aliphatic rings. The Balaban J connectivity index is 3.42. The van der Waals surface area contributed by atoms with Crippen LogP contribution in [0.2, 0.25) is 0 Å². The molecule has 6 heteroatoms. The summed E-state index contributed by atoms with van der Waals surface area (Å²) in [5, 5.41) is 3.09. The Labute approximate surface area is 106 Å². The van der Waals surface area contributed by atoms with Gasteiger partial charge in [0.1, 0.15) is 0 Å². The van der Waals surface area contributed by atoms with Gasteiger partial charge in [-0.1, -0.05) is 0 Å². The highest BCUT2D eigenvalue weighted by atomic mass is 19.4. The smallest absolute Gasteiger partial charge is 0.389 e. The van der Waals surface area contributed by atoms with Crippen LogP contribution in [0.15, 0.2) is 0 Å². The third kappa shape index (κ3) is 11.7. The number of alkyl halides is 3. The van der Waals surface area contributed by atoms with Gasteiger partial charge in [-0.3, -0.25) is 4.79 Å². The molecular weight excluding hydrogens is 247 g/mol. The van der Waals surface area contributed by atoms with Gasteiger partial charge in [-0.05, 0) is 39.7 Å².